The lowest BCUT2D eigenvalue weighted by molar-refractivity contribution is 0.171. The molecule has 7 nitrogen and oxygen atoms in total. The molecule has 0 saturated heterocycles. The highest BCUT2D eigenvalue weighted by Crippen LogP contribution is 2.53. The number of ether oxygens (including phenoxy) is 4. The average molecular weight is 1060 g/mol. The van der Waals surface area contributed by atoms with Crippen molar-refractivity contribution in [3.05, 3.63) is 204 Å². The van der Waals surface area contributed by atoms with E-state index in [1.54, 1.807) is 0 Å². The van der Waals surface area contributed by atoms with Crippen LogP contribution in [0.25, 0.3) is 22.3 Å². The summed E-state index contributed by atoms with van der Waals surface area (Å²) in [5.74, 6) is 2.99. The van der Waals surface area contributed by atoms with E-state index in [1.165, 1.54) is 49.9 Å². The third-order valence-corrected chi connectivity index (χ3v) is 17.6. The van der Waals surface area contributed by atoms with Gasteiger partial charge in [-0.25, -0.2) is 0 Å². The molecule has 0 spiro atoms. The minimum Gasteiger partial charge on any atom is -0.486 e. The van der Waals surface area contributed by atoms with Gasteiger partial charge in [-0.1, -0.05) is 155 Å². The molecule has 5 aliphatic rings. The summed E-state index contributed by atoms with van der Waals surface area (Å²) in [5, 5.41) is 0. The van der Waals surface area contributed by atoms with Crippen LogP contribution >= 0.6 is 0 Å². The van der Waals surface area contributed by atoms with Gasteiger partial charge < -0.3 is 33.6 Å². The van der Waals surface area contributed by atoms with Crippen LogP contribution in [0.3, 0.4) is 0 Å². The second kappa shape index (κ2) is 18.3. The zero-order valence-electron chi connectivity index (χ0n) is 48.6. The molecule has 0 bridgehead atoms. The predicted molar refractivity (Wildman–Crippen MR) is 336 cm³/mol. The summed E-state index contributed by atoms with van der Waals surface area (Å²) in [5.41, 5.74) is 24.6. The van der Waals surface area contributed by atoms with Crippen molar-refractivity contribution in [3.8, 4) is 45.3 Å². The van der Waals surface area contributed by atoms with Crippen LogP contribution in [-0.2, 0) is 21.7 Å². The first-order chi connectivity index (χ1) is 38.8. The molecule has 9 aromatic carbocycles. The van der Waals surface area contributed by atoms with Crippen molar-refractivity contribution < 1.29 is 18.9 Å². The van der Waals surface area contributed by atoms with Crippen LogP contribution in [-0.4, -0.2) is 33.1 Å². The fraction of sp³-hybridized carbons (Fsp3) is 0.260. The van der Waals surface area contributed by atoms with E-state index in [9.17, 15) is 0 Å². The van der Waals surface area contributed by atoms with Crippen molar-refractivity contribution in [1.82, 2.24) is 0 Å². The molecular formula is C73H70BN3O4. The molecule has 8 heteroatoms. The maximum atomic E-state index is 6.46. The Kier molecular flexibility index (Phi) is 11.5. The Hall–Kier alpha value is -8.36. The maximum absolute atomic E-state index is 6.46. The summed E-state index contributed by atoms with van der Waals surface area (Å²) >= 11 is 0. The number of nitrogens with zero attached hydrogens (tertiary/aromatic N) is 3. The Labute approximate surface area is 478 Å². The predicted octanol–water partition coefficient (Wildman–Crippen LogP) is 16.6. The molecule has 0 saturated carbocycles. The molecule has 9 aromatic rings. The Morgan fingerprint density at radius 1 is 0.395 bits per heavy atom. The minimum absolute atomic E-state index is 0.0104. The zero-order valence-corrected chi connectivity index (χ0v) is 48.6. The Morgan fingerprint density at radius 3 is 1.54 bits per heavy atom. The van der Waals surface area contributed by atoms with Gasteiger partial charge in [-0.2, -0.15) is 0 Å². The highest BCUT2D eigenvalue weighted by atomic mass is 16.6. The quantitative estimate of drug-likeness (QED) is 0.154. The van der Waals surface area contributed by atoms with Gasteiger partial charge in [-0.3, -0.25) is 0 Å². The smallest absolute Gasteiger partial charge is 0.252 e. The van der Waals surface area contributed by atoms with Gasteiger partial charge in [0.15, 0.2) is 23.0 Å². The van der Waals surface area contributed by atoms with E-state index in [0.29, 0.717) is 26.4 Å². The highest BCUT2D eigenvalue weighted by Gasteiger charge is 2.45. The Morgan fingerprint density at radius 2 is 0.901 bits per heavy atom. The molecule has 404 valence electrons. The van der Waals surface area contributed by atoms with E-state index in [2.05, 4.69) is 267 Å². The molecule has 0 unspecified atom stereocenters. The fourth-order valence-corrected chi connectivity index (χ4v) is 13.2. The molecule has 0 atom stereocenters. The van der Waals surface area contributed by atoms with Gasteiger partial charge in [0.1, 0.15) is 26.4 Å². The lowest BCUT2D eigenvalue weighted by Gasteiger charge is -2.45. The van der Waals surface area contributed by atoms with Gasteiger partial charge in [0, 0.05) is 63.0 Å². The molecule has 0 amide bonds. The lowest BCUT2D eigenvalue weighted by atomic mass is 9.33. The molecule has 14 rings (SSSR count). The van der Waals surface area contributed by atoms with Crippen LogP contribution < -0.4 is 50.0 Å². The monoisotopic (exact) mass is 1060 g/mol. The van der Waals surface area contributed by atoms with Crippen molar-refractivity contribution in [2.24, 2.45) is 0 Å². The summed E-state index contributed by atoms with van der Waals surface area (Å²) in [6.45, 7) is 27.2. The van der Waals surface area contributed by atoms with E-state index in [4.69, 9.17) is 18.9 Å². The number of hydrogen-bond donors (Lipinski definition) is 0. The van der Waals surface area contributed by atoms with Crippen LogP contribution in [0, 0.1) is 0 Å². The average Bonchev–Trinajstić information content (AvgIpc) is 3.83. The number of hydrogen-bond acceptors (Lipinski definition) is 7. The molecular weight excluding hydrogens is 994 g/mol. The van der Waals surface area contributed by atoms with Crippen molar-refractivity contribution in [1.29, 1.82) is 0 Å². The van der Waals surface area contributed by atoms with Crippen LogP contribution in [0.1, 0.15) is 104 Å². The first-order valence-electron chi connectivity index (χ1n) is 28.9. The number of fused-ring (bicyclic) bond motifs is 9. The van der Waals surface area contributed by atoms with E-state index in [0.717, 1.165) is 90.8 Å². The summed E-state index contributed by atoms with van der Waals surface area (Å²) in [7, 11) is 0. The second-order valence-corrected chi connectivity index (χ2v) is 26.3. The van der Waals surface area contributed by atoms with Crippen molar-refractivity contribution in [2.75, 3.05) is 41.1 Å². The van der Waals surface area contributed by atoms with Crippen molar-refractivity contribution in [2.45, 2.75) is 97.8 Å². The topological polar surface area (TPSA) is 46.6 Å². The first-order valence-corrected chi connectivity index (χ1v) is 28.9. The standard InChI is InChI=1S/C73H70BN3O4/c1-70(2,3)47-18-25-51(26-19-47)75(53-29-31-56-55-14-12-13-15-57(55)73(10,11)58(56)41-53)50-23-16-45(17-24-50)46-38-63-69-64(39-46)77(54-30-33-65-66(42-54)79-35-34-78-65)62-44-68-67(80-36-37-81-68)43-60(62)74(69)59-40-49(72(7,8)9)22-32-61(59)76(63)52-27-20-48(21-28-52)71(4,5)6/h12-33,38-44H,34-37H2,1-11H3. The van der Waals surface area contributed by atoms with Gasteiger partial charge in [0.05, 0.1) is 5.69 Å². The number of anilines is 9. The largest absolute Gasteiger partial charge is 0.486 e. The zero-order chi connectivity index (χ0) is 55.9. The number of rotatable bonds is 6. The molecule has 4 heterocycles. The van der Waals surface area contributed by atoms with E-state index >= 15 is 0 Å². The minimum atomic E-state index is -0.147. The fourth-order valence-electron chi connectivity index (χ4n) is 13.2. The van der Waals surface area contributed by atoms with Crippen molar-refractivity contribution >= 4 is 74.3 Å². The maximum Gasteiger partial charge on any atom is 0.252 e. The highest BCUT2D eigenvalue weighted by molar-refractivity contribution is 7.00. The van der Waals surface area contributed by atoms with E-state index in [-0.39, 0.29) is 28.4 Å². The van der Waals surface area contributed by atoms with Crippen molar-refractivity contribution in [3.63, 3.8) is 0 Å². The van der Waals surface area contributed by atoms with E-state index < -0.39 is 0 Å². The molecule has 4 aliphatic heterocycles. The molecule has 81 heavy (non-hydrogen) atoms. The summed E-state index contributed by atoms with van der Waals surface area (Å²) in [6.07, 6.45) is 0. The molecule has 0 fully saturated rings. The third kappa shape index (κ3) is 8.38. The lowest BCUT2D eigenvalue weighted by Crippen LogP contribution is -2.61. The van der Waals surface area contributed by atoms with Gasteiger partial charge in [-0.15, -0.1) is 0 Å². The molecule has 0 aromatic heterocycles. The first kappa shape index (κ1) is 50.8. The Balaban J connectivity index is 0.990. The van der Waals surface area contributed by atoms with Gasteiger partial charge >= 0.3 is 0 Å². The second-order valence-electron chi connectivity index (χ2n) is 26.3. The van der Waals surface area contributed by atoms with Crippen LogP contribution in [0.2, 0.25) is 0 Å². The Bertz CT molecular complexity index is 3990. The van der Waals surface area contributed by atoms with E-state index in [1.807, 2.05) is 0 Å². The number of benzene rings is 9. The van der Waals surface area contributed by atoms with Crippen LogP contribution in [0.4, 0.5) is 51.2 Å². The van der Waals surface area contributed by atoms with Crippen LogP contribution in [0.5, 0.6) is 23.0 Å². The summed E-state index contributed by atoms with van der Waals surface area (Å²) in [6, 6.07) is 66.4. The normalized spacial score (nSPS) is 15.3. The molecule has 1 aliphatic carbocycles. The van der Waals surface area contributed by atoms with Gasteiger partial charge in [0.2, 0.25) is 0 Å². The summed E-state index contributed by atoms with van der Waals surface area (Å²) < 4.78 is 25.4. The third-order valence-electron chi connectivity index (χ3n) is 17.6. The SMILES string of the molecule is CC(C)(C)c1ccc(N(c2ccc(-c3cc4c5c(c3)N(c3ccc6c(c3)OCCO6)c3cc6c(cc3B5c3cc(C(C)(C)C)ccc3N4c3ccc(C(C)(C)C)cc3)OCCO6)cc2)c2ccc3c(c2)C(C)(C)c2ccccc2-3)cc1. The molecule has 0 N–H and O–H groups in total. The van der Waals surface area contributed by atoms with Gasteiger partial charge in [0.25, 0.3) is 6.71 Å². The van der Waals surface area contributed by atoms with Gasteiger partial charge in [-0.05, 0) is 168 Å². The molecule has 0 radical (unpaired) electrons. The summed E-state index contributed by atoms with van der Waals surface area (Å²) in [4.78, 5) is 7.37. The van der Waals surface area contributed by atoms with Crippen LogP contribution in [0.15, 0.2) is 176 Å².